The van der Waals surface area contributed by atoms with Crippen LogP contribution in [0.25, 0.3) is 10.8 Å². The molecule has 98 valence electrons. The van der Waals surface area contributed by atoms with E-state index in [1.807, 2.05) is 36.4 Å². The molecule has 1 fully saturated rings. The molecule has 2 aromatic carbocycles. The van der Waals surface area contributed by atoms with Crippen molar-refractivity contribution in [2.75, 3.05) is 13.1 Å². The summed E-state index contributed by atoms with van der Waals surface area (Å²) in [6.07, 6.45) is 0. The third-order valence-electron chi connectivity index (χ3n) is 3.40. The second-order valence-corrected chi connectivity index (χ2v) is 6.28. The lowest BCUT2D eigenvalue weighted by Crippen LogP contribution is -2.61. The van der Waals surface area contributed by atoms with E-state index >= 15 is 0 Å². The number of halogens is 1. The molecule has 19 heavy (non-hydrogen) atoms. The fraction of sp³-hybridized carbons (Fsp3) is 0.267. The molecule has 0 spiro atoms. The van der Waals surface area contributed by atoms with E-state index in [-0.39, 0.29) is 5.91 Å². The Balaban J connectivity index is 1.89. The molecule has 1 N–H and O–H groups in total. The zero-order chi connectivity index (χ0) is 13.6. The molecule has 1 aliphatic rings. The van der Waals surface area contributed by atoms with Gasteiger partial charge in [-0.25, -0.2) is 0 Å². The first-order valence-corrected chi connectivity index (χ1v) is 6.95. The molecule has 3 rings (SSSR count). The van der Waals surface area contributed by atoms with Gasteiger partial charge in [0.1, 0.15) is 0 Å². The van der Waals surface area contributed by atoms with Crippen LogP contribution in [0, 0.1) is 0 Å². The van der Waals surface area contributed by atoms with Gasteiger partial charge in [-0.05, 0) is 42.0 Å². The topological polar surface area (TPSA) is 40.5 Å². The van der Waals surface area contributed by atoms with E-state index < -0.39 is 5.60 Å². The van der Waals surface area contributed by atoms with E-state index in [2.05, 4.69) is 15.9 Å². The summed E-state index contributed by atoms with van der Waals surface area (Å²) in [4.78, 5) is 13.9. The van der Waals surface area contributed by atoms with Crippen molar-refractivity contribution in [2.24, 2.45) is 0 Å². The van der Waals surface area contributed by atoms with Gasteiger partial charge >= 0.3 is 0 Å². The largest absolute Gasteiger partial charge is 0.386 e. The minimum Gasteiger partial charge on any atom is -0.386 e. The fourth-order valence-electron chi connectivity index (χ4n) is 2.45. The zero-order valence-corrected chi connectivity index (χ0v) is 12.1. The van der Waals surface area contributed by atoms with Crippen molar-refractivity contribution in [2.45, 2.75) is 12.5 Å². The van der Waals surface area contributed by atoms with E-state index in [4.69, 9.17) is 0 Å². The van der Waals surface area contributed by atoms with Gasteiger partial charge < -0.3 is 10.0 Å². The summed E-state index contributed by atoms with van der Waals surface area (Å²) >= 11 is 3.43. The van der Waals surface area contributed by atoms with E-state index in [9.17, 15) is 9.90 Å². The summed E-state index contributed by atoms with van der Waals surface area (Å²) in [5.41, 5.74) is -0.0532. The van der Waals surface area contributed by atoms with Crippen molar-refractivity contribution in [3.05, 3.63) is 46.4 Å². The van der Waals surface area contributed by atoms with Crippen molar-refractivity contribution in [1.29, 1.82) is 0 Å². The van der Waals surface area contributed by atoms with Crippen molar-refractivity contribution in [3.63, 3.8) is 0 Å². The van der Waals surface area contributed by atoms with Crippen LogP contribution in [-0.4, -0.2) is 34.6 Å². The Kier molecular flexibility index (Phi) is 2.87. The average Bonchev–Trinajstić information content (AvgIpc) is 2.34. The summed E-state index contributed by atoms with van der Waals surface area (Å²) in [5.74, 6) is -0.0173. The minimum atomic E-state index is -0.725. The smallest absolute Gasteiger partial charge is 0.254 e. The Bertz CT molecular complexity index is 658. The minimum absolute atomic E-state index is 0.0173. The van der Waals surface area contributed by atoms with E-state index in [0.29, 0.717) is 18.7 Å². The highest BCUT2D eigenvalue weighted by Gasteiger charge is 2.39. The number of carbonyl (C=O) groups excluding carboxylic acids is 1. The van der Waals surface area contributed by atoms with Gasteiger partial charge in [0, 0.05) is 10.0 Å². The Labute approximate surface area is 120 Å². The Morgan fingerprint density at radius 2 is 1.84 bits per heavy atom. The second kappa shape index (κ2) is 4.32. The molecule has 1 heterocycles. The molecule has 0 bridgehead atoms. The highest BCUT2D eigenvalue weighted by molar-refractivity contribution is 9.10. The summed E-state index contributed by atoms with van der Waals surface area (Å²) in [6.45, 7) is 2.56. The average molecular weight is 320 g/mol. The van der Waals surface area contributed by atoms with Gasteiger partial charge in [-0.3, -0.25) is 4.79 Å². The van der Waals surface area contributed by atoms with Crippen molar-refractivity contribution >= 4 is 32.6 Å². The van der Waals surface area contributed by atoms with Crippen LogP contribution in [0.3, 0.4) is 0 Å². The molecule has 1 aliphatic heterocycles. The zero-order valence-electron chi connectivity index (χ0n) is 10.6. The number of amides is 1. The summed E-state index contributed by atoms with van der Waals surface area (Å²) in [6, 6.07) is 11.7. The molecule has 2 aromatic rings. The Hall–Kier alpha value is -1.39. The number of benzene rings is 2. The number of aliphatic hydroxyl groups is 1. The van der Waals surface area contributed by atoms with Crippen LogP contribution in [0.4, 0.5) is 0 Å². The van der Waals surface area contributed by atoms with Crippen LogP contribution in [0.5, 0.6) is 0 Å². The maximum atomic E-state index is 12.2. The van der Waals surface area contributed by atoms with Crippen molar-refractivity contribution in [1.82, 2.24) is 4.90 Å². The fourth-order valence-corrected chi connectivity index (χ4v) is 2.83. The molecule has 0 aliphatic carbocycles. The molecule has 0 unspecified atom stereocenters. The SMILES string of the molecule is CC1(O)CN(C(=O)c2ccc3cc(Br)ccc3c2)C1. The number of carbonyl (C=O) groups is 1. The van der Waals surface area contributed by atoms with Crippen LogP contribution in [-0.2, 0) is 0 Å². The quantitative estimate of drug-likeness (QED) is 0.878. The number of hydrogen-bond donors (Lipinski definition) is 1. The third-order valence-corrected chi connectivity index (χ3v) is 3.89. The molecule has 0 saturated carbocycles. The Morgan fingerprint density at radius 1 is 1.21 bits per heavy atom. The molecule has 1 saturated heterocycles. The van der Waals surface area contributed by atoms with Gasteiger partial charge in [-0.1, -0.05) is 28.1 Å². The lowest BCUT2D eigenvalue weighted by Gasteiger charge is -2.44. The number of β-amino-alcohol motifs (C(OH)–C–C–N with tert-alkyl or cyclic N) is 1. The van der Waals surface area contributed by atoms with Crippen LogP contribution in [0.15, 0.2) is 40.9 Å². The van der Waals surface area contributed by atoms with E-state index in [1.54, 1.807) is 11.8 Å². The van der Waals surface area contributed by atoms with Gasteiger partial charge in [0.25, 0.3) is 5.91 Å². The van der Waals surface area contributed by atoms with Crippen molar-refractivity contribution in [3.8, 4) is 0 Å². The van der Waals surface area contributed by atoms with Gasteiger partial charge in [0.05, 0.1) is 18.7 Å². The molecule has 0 radical (unpaired) electrons. The maximum absolute atomic E-state index is 12.2. The van der Waals surface area contributed by atoms with Gasteiger partial charge in [0.15, 0.2) is 0 Å². The molecule has 3 nitrogen and oxygen atoms in total. The van der Waals surface area contributed by atoms with Gasteiger partial charge in [-0.15, -0.1) is 0 Å². The molecule has 4 heteroatoms. The predicted molar refractivity (Wildman–Crippen MR) is 78.2 cm³/mol. The molecule has 0 aromatic heterocycles. The molecular weight excluding hydrogens is 306 g/mol. The lowest BCUT2D eigenvalue weighted by atomic mass is 9.95. The highest BCUT2D eigenvalue weighted by atomic mass is 79.9. The van der Waals surface area contributed by atoms with Gasteiger partial charge in [0.2, 0.25) is 0 Å². The summed E-state index contributed by atoms with van der Waals surface area (Å²) < 4.78 is 1.03. The predicted octanol–water partition coefficient (Wildman–Crippen LogP) is 2.81. The molecular formula is C15H14BrNO2. The second-order valence-electron chi connectivity index (χ2n) is 5.36. The maximum Gasteiger partial charge on any atom is 0.254 e. The molecule has 0 atom stereocenters. The number of nitrogens with zero attached hydrogens (tertiary/aromatic N) is 1. The number of hydrogen-bond acceptors (Lipinski definition) is 2. The van der Waals surface area contributed by atoms with Crippen LogP contribution in [0.1, 0.15) is 17.3 Å². The van der Waals surface area contributed by atoms with Crippen LogP contribution in [0.2, 0.25) is 0 Å². The van der Waals surface area contributed by atoms with Crippen molar-refractivity contribution < 1.29 is 9.90 Å². The monoisotopic (exact) mass is 319 g/mol. The van der Waals surface area contributed by atoms with E-state index in [1.165, 1.54) is 0 Å². The first-order chi connectivity index (χ1) is 8.94. The number of fused-ring (bicyclic) bond motifs is 1. The number of rotatable bonds is 1. The van der Waals surface area contributed by atoms with Gasteiger partial charge in [-0.2, -0.15) is 0 Å². The van der Waals surface area contributed by atoms with Crippen LogP contribution < -0.4 is 0 Å². The number of likely N-dealkylation sites (tertiary alicyclic amines) is 1. The molecule has 1 amide bonds. The third kappa shape index (κ3) is 2.38. The first kappa shape index (κ1) is 12.6. The Morgan fingerprint density at radius 3 is 2.53 bits per heavy atom. The lowest BCUT2D eigenvalue weighted by molar-refractivity contribution is -0.0668. The normalized spacial score (nSPS) is 17.3. The van der Waals surface area contributed by atoms with Crippen LogP contribution >= 0.6 is 15.9 Å². The summed E-state index contributed by atoms with van der Waals surface area (Å²) in [5, 5.41) is 11.8. The summed E-state index contributed by atoms with van der Waals surface area (Å²) in [7, 11) is 0. The highest BCUT2D eigenvalue weighted by Crippen LogP contribution is 2.25. The van der Waals surface area contributed by atoms with E-state index in [0.717, 1.165) is 15.2 Å². The first-order valence-electron chi connectivity index (χ1n) is 6.16. The standard InChI is InChI=1S/C15H14BrNO2/c1-15(19)8-17(9-15)14(18)12-3-2-11-7-13(16)5-4-10(11)6-12/h2-7,19H,8-9H2,1H3.